The van der Waals surface area contributed by atoms with Crippen molar-refractivity contribution in [3.63, 3.8) is 0 Å². The van der Waals surface area contributed by atoms with Gasteiger partial charge < -0.3 is 4.57 Å². The van der Waals surface area contributed by atoms with Crippen LogP contribution >= 0.6 is 0 Å². The van der Waals surface area contributed by atoms with Crippen LogP contribution in [0.3, 0.4) is 0 Å². The van der Waals surface area contributed by atoms with Crippen molar-refractivity contribution in [1.29, 1.82) is 0 Å². The minimum Gasteiger partial charge on any atom is -0.327 e. The Balaban J connectivity index is 1.80. The first-order chi connectivity index (χ1) is 12.7. The van der Waals surface area contributed by atoms with Crippen LogP contribution in [0.15, 0.2) is 48.8 Å². The summed E-state index contributed by atoms with van der Waals surface area (Å²) in [5, 5.41) is 0. The number of benzene rings is 2. The number of aryl methyl sites for hydroxylation is 1. The first-order valence-corrected chi connectivity index (χ1v) is 8.47. The maximum atomic E-state index is 14.4. The largest absolute Gasteiger partial charge is 0.327 e. The van der Waals surface area contributed by atoms with Crippen LogP contribution < -0.4 is 0 Å². The summed E-state index contributed by atoms with van der Waals surface area (Å²) >= 11 is 0. The van der Waals surface area contributed by atoms with E-state index in [0.717, 1.165) is 47.5 Å². The molecule has 0 spiro atoms. The Morgan fingerprint density at radius 2 is 1.69 bits per heavy atom. The Morgan fingerprint density at radius 3 is 2.50 bits per heavy atom. The molecule has 0 radical (unpaired) electrons. The van der Waals surface area contributed by atoms with Crippen molar-refractivity contribution >= 4 is 11.0 Å². The number of halogens is 2. The molecule has 0 unspecified atom stereocenters. The Kier molecular flexibility index (Phi) is 3.31. The lowest BCUT2D eigenvalue weighted by Crippen LogP contribution is -1.98. The summed E-state index contributed by atoms with van der Waals surface area (Å²) in [5.41, 5.74) is 3.34. The second-order valence-electron chi connectivity index (χ2n) is 6.34. The van der Waals surface area contributed by atoms with E-state index in [1.54, 1.807) is 12.4 Å². The molecule has 6 heteroatoms. The van der Waals surface area contributed by atoms with E-state index in [0.29, 0.717) is 5.69 Å². The zero-order chi connectivity index (χ0) is 17.7. The third-order valence-corrected chi connectivity index (χ3v) is 4.77. The normalized spacial score (nSPS) is 13.3. The summed E-state index contributed by atoms with van der Waals surface area (Å²) < 4.78 is 30.9. The molecule has 2 aromatic heterocycles. The standard InChI is InChI=1S/C20H14F2N4/c21-13-3-1-4-14(22)18(13)19-20(26-10-2-5-17(26)25-19)12-6-7-15-16(11-12)24-9-8-23-15/h1,3-4,6-9,11H,2,5,10H2. The van der Waals surface area contributed by atoms with Crippen molar-refractivity contribution in [1.82, 2.24) is 19.5 Å². The zero-order valence-corrected chi connectivity index (χ0v) is 13.8. The van der Waals surface area contributed by atoms with Crippen molar-refractivity contribution in [3.05, 3.63) is 66.3 Å². The van der Waals surface area contributed by atoms with Crippen LogP contribution in [0.1, 0.15) is 12.2 Å². The maximum absolute atomic E-state index is 14.4. The molecule has 0 amide bonds. The van der Waals surface area contributed by atoms with Crippen molar-refractivity contribution < 1.29 is 8.78 Å². The third-order valence-electron chi connectivity index (χ3n) is 4.77. The van der Waals surface area contributed by atoms with E-state index < -0.39 is 11.6 Å². The molecule has 4 aromatic rings. The molecule has 1 aliphatic rings. The van der Waals surface area contributed by atoms with Crippen LogP contribution in [-0.2, 0) is 13.0 Å². The lowest BCUT2D eigenvalue weighted by Gasteiger charge is -2.10. The lowest BCUT2D eigenvalue weighted by molar-refractivity contribution is 0.588. The second kappa shape index (κ2) is 5.69. The summed E-state index contributed by atoms with van der Waals surface area (Å²) in [7, 11) is 0. The molecule has 3 heterocycles. The summed E-state index contributed by atoms with van der Waals surface area (Å²) in [6, 6.07) is 9.56. The van der Waals surface area contributed by atoms with E-state index >= 15 is 0 Å². The molecule has 2 aromatic carbocycles. The predicted octanol–water partition coefficient (Wildman–Crippen LogP) is 4.38. The van der Waals surface area contributed by atoms with Gasteiger partial charge >= 0.3 is 0 Å². The van der Waals surface area contributed by atoms with Crippen LogP contribution in [-0.4, -0.2) is 19.5 Å². The molecule has 1 aliphatic heterocycles. The molecule has 0 saturated carbocycles. The van der Waals surface area contributed by atoms with Crippen molar-refractivity contribution in [2.75, 3.05) is 0 Å². The van der Waals surface area contributed by atoms with E-state index in [9.17, 15) is 8.78 Å². The molecule has 128 valence electrons. The highest BCUT2D eigenvalue weighted by Crippen LogP contribution is 2.38. The summed E-state index contributed by atoms with van der Waals surface area (Å²) in [4.78, 5) is 13.2. The third kappa shape index (κ3) is 2.22. The number of rotatable bonds is 2. The fourth-order valence-electron chi connectivity index (χ4n) is 3.63. The number of hydrogen-bond donors (Lipinski definition) is 0. The summed E-state index contributed by atoms with van der Waals surface area (Å²) in [6.07, 6.45) is 5.04. The van der Waals surface area contributed by atoms with Gasteiger partial charge in [-0.15, -0.1) is 0 Å². The minimum atomic E-state index is -0.608. The van der Waals surface area contributed by atoms with Crippen molar-refractivity contribution in [2.45, 2.75) is 19.4 Å². The lowest BCUT2D eigenvalue weighted by atomic mass is 10.0. The first-order valence-electron chi connectivity index (χ1n) is 8.47. The van der Waals surface area contributed by atoms with Gasteiger partial charge in [0.1, 0.15) is 23.2 Å². The molecule has 0 aliphatic carbocycles. The Hall–Kier alpha value is -3.15. The summed E-state index contributed by atoms with van der Waals surface area (Å²) in [5.74, 6) is -0.357. The van der Waals surface area contributed by atoms with Gasteiger partial charge in [-0.2, -0.15) is 0 Å². The topological polar surface area (TPSA) is 43.6 Å². The van der Waals surface area contributed by atoms with E-state index in [1.807, 2.05) is 18.2 Å². The minimum absolute atomic E-state index is 0.0800. The Bertz CT molecular complexity index is 1130. The Labute approximate surface area is 148 Å². The Morgan fingerprint density at radius 1 is 0.923 bits per heavy atom. The average Bonchev–Trinajstić information content (AvgIpc) is 3.22. The van der Waals surface area contributed by atoms with Gasteiger partial charge in [-0.3, -0.25) is 9.97 Å². The van der Waals surface area contributed by atoms with Crippen molar-refractivity contribution in [2.24, 2.45) is 0 Å². The van der Waals surface area contributed by atoms with Gasteiger partial charge in [0, 0.05) is 30.9 Å². The molecular weight excluding hydrogens is 334 g/mol. The van der Waals surface area contributed by atoms with E-state index in [4.69, 9.17) is 0 Å². The van der Waals surface area contributed by atoms with Crippen LogP contribution in [0.5, 0.6) is 0 Å². The van der Waals surface area contributed by atoms with Crippen LogP contribution in [0.4, 0.5) is 8.78 Å². The van der Waals surface area contributed by atoms with Crippen LogP contribution in [0, 0.1) is 11.6 Å². The molecular formula is C20H14F2N4. The second-order valence-corrected chi connectivity index (χ2v) is 6.34. The summed E-state index contributed by atoms with van der Waals surface area (Å²) in [6.45, 7) is 0.784. The first kappa shape index (κ1) is 15.1. The molecule has 5 rings (SSSR count). The monoisotopic (exact) mass is 348 g/mol. The molecule has 0 N–H and O–H groups in total. The number of nitrogens with zero attached hydrogens (tertiary/aromatic N) is 4. The highest BCUT2D eigenvalue weighted by atomic mass is 19.1. The van der Waals surface area contributed by atoms with Gasteiger partial charge in [0.2, 0.25) is 0 Å². The van der Waals surface area contributed by atoms with Gasteiger partial charge in [0.25, 0.3) is 0 Å². The van der Waals surface area contributed by atoms with Gasteiger partial charge in [-0.25, -0.2) is 13.8 Å². The fourth-order valence-corrected chi connectivity index (χ4v) is 3.63. The number of imidazole rings is 1. The quantitative estimate of drug-likeness (QED) is 0.540. The molecule has 0 bridgehead atoms. The molecule has 0 saturated heterocycles. The molecule has 0 fully saturated rings. The SMILES string of the molecule is Fc1cccc(F)c1-c1nc2n(c1-c1ccc3nccnc3c1)CCC2. The molecule has 0 atom stereocenters. The smallest absolute Gasteiger partial charge is 0.135 e. The maximum Gasteiger partial charge on any atom is 0.135 e. The predicted molar refractivity (Wildman–Crippen MR) is 94.4 cm³/mol. The number of hydrogen-bond acceptors (Lipinski definition) is 3. The number of aromatic nitrogens is 4. The van der Waals surface area contributed by atoms with Gasteiger partial charge in [0.05, 0.1) is 22.3 Å². The zero-order valence-electron chi connectivity index (χ0n) is 13.8. The van der Waals surface area contributed by atoms with E-state index in [-0.39, 0.29) is 5.56 Å². The van der Waals surface area contributed by atoms with Crippen LogP contribution in [0.25, 0.3) is 33.5 Å². The molecule has 26 heavy (non-hydrogen) atoms. The van der Waals surface area contributed by atoms with Gasteiger partial charge in [-0.1, -0.05) is 12.1 Å². The number of fused-ring (bicyclic) bond motifs is 2. The van der Waals surface area contributed by atoms with Crippen molar-refractivity contribution in [3.8, 4) is 22.5 Å². The highest BCUT2D eigenvalue weighted by Gasteiger charge is 2.26. The highest BCUT2D eigenvalue weighted by molar-refractivity contribution is 5.86. The van der Waals surface area contributed by atoms with Gasteiger partial charge in [-0.05, 0) is 30.7 Å². The van der Waals surface area contributed by atoms with E-state index in [2.05, 4.69) is 19.5 Å². The van der Waals surface area contributed by atoms with E-state index in [1.165, 1.54) is 18.2 Å². The van der Waals surface area contributed by atoms with Crippen LogP contribution in [0.2, 0.25) is 0 Å². The fraction of sp³-hybridized carbons (Fsp3) is 0.150. The van der Waals surface area contributed by atoms with Gasteiger partial charge in [0.15, 0.2) is 0 Å². The molecule has 4 nitrogen and oxygen atoms in total. The average molecular weight is 348 g/mol.